The Kier molecular flexibility index (Phi) is 4.88. The largest absolute Gasteiger partial charge is 0.478 e. The number of nitrogens with zero attached hydrogens (tertiary/aromatic N) is 1. The lowest BCUT2D eigenvalue weighted by Gasteiger charge is -2.23. The van der Waals surface area contributed by atoms with Crippen molar-refractivity contribution in [2.45, 2.75) is 31.1 Å². The van der Waals surface area contributed by atoms with Gasteiger partial charge in [-0.1, -0.05) is 25.1 Å². The molecule has 0 aliphatic carbocycles. The maximum absolute atomic E-state index is 11.1. The number of likely N-dealkylation sites (N-methyl/N-ethyl adjacent to an activating group) is 1. The SMILES string of the molecule is CC1CC(N(C)CCc2ccccc2C(=O)O)CS1. The molecule has 1 aliphatic heterocycles. The second-order valence-corrected chi connectivity index (χ2v) is 6.70. The van der Waals surface area contributed by atoms with Gasteiger partial charge in [-0.2, -0.15) is 11.8 Å². The Bertz CT molecular complexity index is 450. The molecule has 2 unspecified atom stereocenters. The average molecular weight is 279 g/mol. The van der Waals surface area contributed by atoms with Crippen LogP contribution in [0.15, 0.2) is 24.3 Å². The highest BCUT2D eigenvalue weighted by Gasteiger charge is 2.25. The van der Waals surface area contributed by atoms with Crippen LogP contribution in [-0.2, 0) is 6.42 Å². The Labute approximate surface area is 119 Å². The number of benzene rings is 1. The zero-order chi connectivity index (χ0) is 13.8. The molecule has 0 radical (unpaired) electrons. The van der Waals surface area contributed by atoms with Crippen molar-refractivity contribution in [3.63, 3.8) is 0 Å². The van der Waals surface area contributed by atoms with Gasteiger partial charge in [0.1, 0.15) is 0 Å². The van der Waals surface area contributed by atoms with Gasteiger partial charge >= 0.3 is 5.97 Å². The van der Waals surface area contributed by atoms with E-state index in [1.165, 1.54) is 12.2 Å². The van der Waals surface area contributed by atoms with Crippen molar-refractivity contribution in [1.29, 1.82) is 0 Å². The first-order valence-electron chi connectivity index (χ1n) is 6.71. The number of carbonyl (C=O) groups is 1. The summed E-state index contributed by atoms with van der Waals surface area (Å²) in [6, 6.07) is 7.94. The van der Waals surface area contributed by atoms with Crippen LogP contribution in [0.4, 0.5) is 0 Å². The van der Waals surface area contributed by atoms with E-state index in [1.54, 1.807) is 12.1 Å². The van der Waals surface area contributed by atoms with Gasteiger partial charge in [-0.25, -0.2) is 4.79 Å². The van der Waals surface area contributed by atoms with Gasteiger partial charge in [0.05, 0.1) is 5.56 Å². The number of hydrogen-bond acceptors (Lipinski definition) is 3. The van der Waals surface area contributed by atoms with Gasteiger partial charge in [-0.15, -0.1) is 0 Å². The average Bonchev–Trinajstić information content (AvgIpc) is 2.83. The fraction of sp³-hybridized carbons (Fsp3) is 0.533. The zero-order valence-electron chi connectivity index (χ0n) is 11.5. The fourth-order valence-electron chi connectivity index (χ4n) is 2.53. The van der Waals surface area contributed by atoms with E-state index in [0.717, 1.165) is 23.8 Å². The standard InChI is InChI=1S/C15H21NO2S/c1-11-9-13(10-19-11)16(2)8-7-12-5-3-4-6-14(12)15(17)18/h3-6,11,13H,7-10H2,1-2H3,(H,17,18). The van der Waals surface area contributed by atoms with Crippen LogP contribution in [0.5, 0.6) is 0 Å². The molecule has 3 nitrogen and oxygen atoms in total. The minimum absolute atomic E-state index is 0.435. The van der Waals surface area contributed by atoms with Gasteiger partial charge in [0.15, 0.2) is 0 Å². The highest BCUT2D eigenvalue weighted by Crippen LogP contribution is 2.28. The summed E-state index contributed by atoms with van der Waals surface area (Å²) < 4.78 is 0. The topological polar surface area (TPSA) is 40.5 Å². The lowest BCUT2D eigenvalue weighted by Crippen LogP contribution is -2.33. The maximum atomic E-state index is 11.1. The van der Waals surface area contributed by atoms with E-state index in [2.05, 4.69) is 18.9 Å². The monoisotopic (exact) mass is 279 g/mol. The summed E-state index contributed by atoms with van der Waals surface area (Å²) in [5, 5.41) is 9.91. The number of hydrogen-bond donors (Lipinski definition) is 1. The molecule has 0 aromatic heterocycles. The first-order valence-corrected chi connectivity index (χ1v) is 7.76. The molecule has 104 valence electrons. The van der Waals surface area contributed by atoms with Gasteiger partial charge < -0.3 is 10.0 Å². The summed E-state index contributed by atoms with van der Waals surface area (Å²) in [7, 11) is 2.15. The van der Waals surface area contributed by atoms with Gasteiger partial charge in [-0.05, 0) is 31.5 Å². The van der Waals surface area contributed by atoms with E-state index < -0.39 is 5.97 Å². The third-order valence-electron chi connectivity index (χ3n) is 3.78. The van der Waals surface area contributed by atoms with Crippen LogP contribution in [-0.4, -0.2) is 46.6 Å². The van der Waals surface area contributed by atoms with Crippen LogP contribution >= 0.6 is 11.8 Å². The summed E-state index contributed by atoms with van der Waals surface area (Å²) in [6.07, 6.45) is 2.04. The van der Waals surface area contributed by atoms with Gasteiger partial charge in [0, 0.05) is 23.6 Å². The molecule has 19 heavy (non-hydrogen) atoms. The lowest BCUT2D eigenvalue weighted by atomic mass is 10.0. The molecule has 0 bridgehead atoms. The number of thioether (sulfide) groups is 1. The summed E-state index contributed by atoms with van der Waals surface area (Å²) in [4.78, 5) is 13.5. The van der Waals surface area contributed by atoms with Crippen LogP contribution in [0.25, 0.3) is 0 Å². The molecule has 1 heterocycles. The Balaban J connectivity index is 1.93. The lowest BCUT2D eigenvalue weighted by molar-refractivity contribution is 0.0695. The number of aromatic carboxylic acids is 1. The van der Waals surface area contributed by atoms with E-state index in [0.29, 0.717) is 11.6 Å². The third-order valence-corrected chi connectivity index (χ3v) is 5.12. The second-order valence-electron chi connectivity index (χ2n) is 5.23. The van der Waals surface area contributed by atoms with Crippen LogP contribution in [0, 0.1) is 0 Å². The van der Waals surface area contributed by atoms with Crippen molar-refractivity contribution in [2.75, 3.05) is 19.3 Å². The molecule has 0 amide bonds. The van der Waals surface area contributed by atoms with Crippen LogP contribution in [0.3, 0.4) is 0 Å². The predicted octanol–water partition coefficient (Wildman–Crippen LogP) is 2.75. The second kappa shape index (κ2) is 6.44. The smallest absolute Gasteiger partial charge is 0.335 e. The van der Waals surface area contributed by atoms with Crippen molar-refractivity contribution in [1.82, 2.24) is 4.90 Å². The van der Waals surface area contributed by atoms with E-state index in [1.807, 2.05) is 23.9 Å². The molecule has 4 heteroatoms. The Morgan fingerprint density at radius 2 is 2.21 bits per heavy atom. The van der Waals surface area contributed by atoms with E-state index in [-0.39, 0.29) is 0 Å². The first kappa shape index (κ1) is 14.4. The predicted molar refractivity (Wildman–Crippen MR) is 80.1 cm³/mol. The number of rotatable bonds is 5. The fourth-order valence-corrected chi connectivity index (χ4v) is 3.83. The molecular weight excluding hydrogens is 258 g/mol. The summed E-state index contributed by atoms with van der Waals surface area (Å²) in [5.41, 5.74) is 1.37. The molecular formula is C15H21NO2S. The van der Waals surface area contributed by atoms with Gasteiger partial charge in [-0.3, -0.25) is 0 Å². The maximum Gasteiger partial charge on any atom is 0.335 e. The van der Waals surface area contributed by atoms with Crippen molar-refractivity contribution in [2.24, 2.45) is 0 Å². The molecule has 1 N–H and O–H groups in total. The number of carboxylic acid groups (broad SMARTS) is 1. The quantitative estimate of drug-likeness (QED) is 0.900. The van der Waals surface area contributed by atoms with Crippen molar-refractivity contribution in [3.05, 3.63) is 35.4 Å². The number of carboxylic acids is 1. The first-order chi connectivity index (χ1) is 9.08. The molecule has 1 aliphatic rings. The summed E-state index contributed by atoms with van der Waals surface area (Å²) in [6.45, 7) is 3.19. The Morgan fingerprint density at radius 1 is 1.47 bits per heavy atom. The Hall–Kier alpha value is -1.00. The van der Waals surface area contributed by atoms with Gasteiger partial charge in [0.2, 0.25) is 0 Å². The van der Waals surface area contributed by atoms with Crippen LogP contribution in [0.2, 0.25) is 0 Å². The van der Waals surface area contributed by atoms with E-state index >= 15 is 0 Å². The van der Waals surface area contributed by atoms with Crippen molar-refractivity contribution in [3.8, 4) is 0 Å². The normalized spacial score (nSPS) is 22.9. The highest BCUT2D eigenvalue weighted by molar-refractivity contribution is 8.00. The summed E-state index contributed by atoms with van der Waals surface area (Å²) in [5.74, 6) is 0.362. The van der Waals surface area contributed by atoms with Crippen LogP contribution in [0.1, 0.15) is 29.3 Å². The highest BCUT2D eigenvalue weighted by atomic mass is 32.2. The van der Waals surface area contributed by atoms with E-state index in [9.17, 15) is 4.79 Å². The van der Waals surface area contributed by atoms with Gasteiger partial charge in [0.25, 0.3) is 0 Å². The molecule has 2 rings (SSSR count). The molecule has 1 aromatic rings. The molecule has 1 saturated heterocycles. The minimum Gasteiger partial charge on any atom is -0.478 e. The minimum atomic E-state index is -0.830. The third kappa shape index (κ3) is 3.74. The Morgan fingerprint density at radius 3 is 2.84 bits per heavy atom. The summed E-state index contributed by atoms with van der Waals surface area (Å²) >= 11 is 2.03. The van der Waals surface area contributed by atoms with Crippen molar-refractivity contribution >= 4 is 17.7 Å². The van der Waals surface area contributed by atoms with E-state index in [4.69, 9.17) is 5.11 Å². The van der Waals surface area contributed by atoms with Crippen molar-refractivity contribution < 1.29 is 9.90 Å². The molecule has 1 aromatic carbocycles. The van der Waals surface area contributed by atoms with Crippen LogP contribution < -0.4 is 0 Å². The molecule has 0 spiro atoms. The molecule has 2 atom stereocenters. The molecule has 0 saturated carbocycles. The zero-order valence-corrected chi connectivity index (χ0v) is 12.3. The molecule has 1 fully saturated rings.